The molecule has 0 fully saturated rings. The Balaban J connectivity index is 2.67. The summed E-state index contributed by atoms with van der Waals surface area (Å²) in [6.45, 7) is 1.98. The SMILES string of the molecule is CC1=C(O)CCC=CC1. The van der Waals surface area contributed by atoms with Gasteiger partial charge in [-0.05, 0) is 25.3 Å². The summed E-state index contributed by atoms with van der Waals surface area (Å²) in [5.74, 6) is 0.583. The summed E-state index contributed by atoms with van der Waals surface area (Å²) in [4.78, 5) is 0. The van der Waals surface area contributed by atoms with E-state index >= 15 is 0 Å². The molecular formula is C8H12O. The highest BCUT2D eigenvalue weighted by molar-refractivity contribution is 5.12. The number of rotatable bonds is 0. The first-order valence-corrected chi connectivity index (χ1v) is 3.33. The Morgan fingerprint density at radius 2 is 2.22 bits per heavy atom. The van der Waals surface area contributed by atoms with Gasteiger partial charge in [0.25, 0.3) is 0 Å². The number of hydrogen-bond donors (Lipinski definition) is 1. The molecule has 1 heteroatoms. The first-order valence-electron chi connectivity index (χ1n) is 3.33. The molecule has 0 aromatic rings. The van der Waals surface area contributed by atoms with Gasteiger partial charge in [0.15, 0.2) is 0 Å². The van der Waals surface area contributed by atoms with Gasteiger partial charge in [0.1, 0.15) is 0 Å². The lowest BCUT2D eigenvalue weighted by atomic mass is 10.2. The molecule has 0 radical (unpaired) electrons. The lowest BCUT2D eigenvalue weighted by molar-refractivity contribution is 0.382. The van der Waals surface area contributed by atoms with Crippen molar-refractivity contribution in [1.82, 2.24) is 0 Å². The van der Waals surface area contributed by atoms with E-state index in [1.165, 1.54) is 0 Å². The Kier molecular flexibility index (Phi) is 1.93. The molecule has 9 heavy (non-hydrogen) atoms. The summed E-state index contributed by atoms with van der Waals surface area (Å²) in [5.41, 5.74) is 1.11. The molecule has 1 N–H and O–H groups in total. The van der Waals surface area contributed by atoms with Crippen molar-refractivity contribution in [2.24, 2.45) is 0 Å². The Hall–Kier alpha value is -0.720. The molecule has 0 saturated carbocycles. The van der Waals surface area contributed by atoms with Gasteiger partial charge in [0, 0.05) is 6.42 Å². The van der Waals surface area contributed by atoms with Crippen molar-refractivity contribution in [3.05, 3.63) is 23.5 Å². The number of aliphatic hydroxyl groups excluding tert-OH is 1. The quantitative estimate of drug-likeness (QED) is 0.492. The van der Waals surface area contributed by atoms with Crippen LogP contribution >= 0.6 is 0 Å². The minimum atomic E-state index is 0.583. The monoisotopic (exact) mass is 124 g/mol. The van der Waals surface area contributed by atoms with E-state index in [1.807, 2.05) is 6.92 Å². The van der Waals surface area contributed by atoms with Crippen LogP contribution in [0, 0.1) is 0 Å². The Morgan fingerprint density at radius 3 is 3.00 bits per heavy atom. The molecule has 0 amide bonds. The second-order valence-corrected chi connectivity index (χ2v) is 2.44. The summed E-state index contributed by atoms with van der Waals surface area (Å²) in [6, 6.07) is 0. The van der Waals surface area contributed by atoms with Crippen LogP contribution in [0.4, 0.5) is 0 Å². The lowest BCUT2D eigenvalue weighted by Crippen LogP contribution is -1.83. The second-order valence-electron chi connectivity index (χ2n) is 2.44. The Bertz CT molecular complexity index is 154. The van der Waals surface area contributed by atoms with Crippen LogP contribution in [0.5, 0.6) is 0 Å². The van der Waals surface area contributed by atoms with Crippen molar-refractivity contribution in [3.8, 4) is 0 Å². The van der Waals surface area contributed by atoms with E-state index in [0.717, 1.165) is 24.8 Å². The minimum absolute atomic E-state index is 0.583. The van der Waals surface area contributed by atoms with Gasteiger partial charge in [0.05, 0.1) is 5.76 Å². The molecule has 0 unspecified atom stereocenters. The molecule has 0 heterocycles. The van der Waals surface area contributed by atoms with Gasteiger partial charge in [-0.1, -0.05) is 12.2 Å². The first-order chi connectivity index (χ1) is 4.30. The number of aliphatic hydroxyl groups is 1. The fourth-order valence-corrected chi connectivity index (χ4v) is 0.929. The standard InChI is InChI=1S/C8H12O/c1-7-5-3-2-4-6-8(7)9/h2-3,9H,4-6H2,1H3. The molecule has 0 atom stereocenters. The maximum atomic E-state index is 9.20. The van der Waals surface area contributed by atoms with Crippen molar-refractivity contribution in [3.63, 3.8) is 0 Å². The van der Waals surface area contributed by atoms with E-state index < -0.39 is 0 Å². The highest BCUT2D eigenvalue weighted by atomic mass is 16.3. The zero-order chi connectivity index (χ0) is 6.69. The van der Waals surface area contributed by atoms with Crippen LogP contribution in [-0.4, -0.2) is 5.11 Å². The van der Waals surface area contributed by atoms with Gasteiger partial charge < -0.3 is 5.11 Å². The van der Waals surface area contributed by atoms with E-state index in [0.29, 0.717) is 5.76 Å². The van der Waals surface area contributed by atoms with Crippen LogP contribution in [-0.2, 0) is 0 Å². The smallest absolute Gasteiger partial charge is 0.0918 e. The summed E-state index contributed by atoms with van der Waals surface area (Å²) in [6.07, 6.45) is 6.96. The second kappa shape index (κ2) is 2.72. The van der Waals surface area contributed by atoms with Gasteiger partial charge in [-0.25, -0.2) is 0 Å². The molecule has 0 saturated heterocycles. The average molecular weight is 124 g/mol. The molecule has 0 aliphatic heterocycles. The molecule has 1 nitrogen and oxygen atoms in total. The van der Waals surface area contributed by atoms with E-state index in [-0.39, 0.29) is 0 Å². The molecule has 0 spiro atoms. The van der Waals surface area contributed by atoms with Crippen molar-refractivity contribution < 1.29 is 5.11 Å². The van der Waals surface area contributed by atoms with E-state index in [2.05, 4.69) is 12.2 Å². The van der Waals surface area contributed by atoms with E-state index in [1.54, 1.807) is 0 Å². The molecule has 0 bridgehead atoms. The Morgan fingerprint density at radius 1 is 1.44 bits per heavy atom. The Labute approximate surface area is 55.7 Å². The zero-order valence-corrected chi connectivity index (χ0v) is 5.72. The zero-order valence-electron chi connectivity index (χ0n) is 5.72. The predicted octanol–water partition coefficient (Wildman–Crippen LogP) is 2.56. The van der Waals surface area contributed by atoms with Gasteiger partial charge in [-0.3, -0.25) is 0 Å². The predicted molar refractivity (Wildman–Crippen MR) is 38.3 cm³/mol. The third kappa shape index (κ3) is 1.60. The van der Waals surface area contributed by atoms with Crippen LogP contribution < -0.4 is 0 Å². The molecule has 1 aliphatic rings. The molecule has 0 aromatic heterocycles. The highest BCUT2D eigenvalue weighted by Gasteiger charge is 2.00. The topological polar surface area (TPSA) is 20.2 Å². The van der Waals surface area contributed by atoms with E-state index in [9.17, 15) is 5.11 Å². The summed E-state index contributed by atoms with van der Waals surface area (Å²) < 4.78 is 0. The van der Waals surface area contributed by atoms with Crippen molar-refractivity contribution >= 4 is 0 Å². The van der Waals surface area contributed by atoms with Crippen LogP contribution in [0.25, 0.3) is 0 Å². The number of allylic oxidation sites excluding steroid dienone is 4. The summed E-state index contributed by atoms with van der Waals surface area (Å²) in [7, 11) is 0. The van der Waals surface area contributed by atoms with Crippen LogP contribution in [0.2, 0.25) is 0 Å². The van der Waals surface area contributed by atoms with Crippen molar-refractivity contribution in [2.75, 3.05) is 0 Å². The molecule has 1 aliphatic carbocycles. The lowest BCUT2D eigenvalue weighted by Gasteiger charge is -1.97. The highest BCUT2D eigenvalue weighted by Crippen LogP contribution is 2.15. The summed E-state index contributed by atoms with van der Waals surface area (Å²) >= 11 is 0. The third-order valence-corrected chi connectivity index (χ3v) is 1.63. The maximum Gasteiger partial charge on any atom is 0.0918 e. The van der Waals surface area contributed by atoms with Crippen molar-refractivity contribution in [1.29, 1.82) is 0 Å². The maximum absolute atomic E-state index is 9.20. The largest absolute Gasteiger partial charge is 0.512 e. The van der Waals surface area contributed by atoms with E-state index in [4.69, 9.17) is 0 Å². The first kappa shape index (κ1) is 6.40. The normalized spacial score (nSPS) is 20.1. The average Bonchev–Trinajstić information content (AvgIpc) is 1.99. The molecule has 0 aromatic carbocycles. The molecule has 50 valence electrons. The third-order valence-electron chi connectivity index (χ3n) is 1.63. The van der Waals surface area contributed by atoms with Crippen LogP contribution in [0.15, 0.2) is 23.5 Å². The van der Waals surface area contributed by atoms with Crippen molar-refractivity contribution in [2.45, 2.75) is 26.2 Å². The minimum Gasteiger partial charge on any atom is -0.512 e. The van der Waals surface area contributed by atoms with Crippen LogP contribution in [0.3, 0.4) is 0 Å². The molecule has 1 rings (SSSR count). The van der Waals surface area contributed by atoms with Crippen LogP contribution in [0.1, 0.15) is 26.2 Å². The molecular weight excluding hydrogens is 112 g/mol. The summed E-state index contributed by atoms with van der Waals surface area (Å²) in [5, 5.41) is 9.20. The fourth-order valence-electron chi connectivity index (χ4n) is 0.929. The van der Waals surface area contributed by atoms with Gasteiger partial charge in [-0.15, -0.1) is 0 Å². The fraction of sp³-hybridized carbons (Fsp3) is 0.500. The van der Waals surface area contributed by atoms with Gasteiger partial charge in [-0.2, -0.15) is 0 Å². The van der Waals surface area contributed by atoms with Gasteiger partial charge >= 0.3 is 0 Å². The van der Waals surface area contributed by atoms with Gasteiger partial charge in [0.2, 0.25) is 0 Å². The number of hydrogen-bond acceptors (Lipinski definition) is 1.